The number of imidazole rings is 1. The van der Waals surface area contributed by atoms with Crippen molar-refractivity contribution in [3.05, 3.63) is 22.4 Å². The standard InChI is InChI=1S/C13H17BrFN3/c1-4-11(7(2)3)18-12-6-9(15)8(14)5-10(12)17-13(18)16/h5-7,11H,4H2,1-3H3,(H2,16,17). The van der Waals surface area contributed by atoms with Gasteiger partial charge in [-0.05, 0) is 34.3 Å². The van der Waals surface area contributed by atoms with Gasteiger partial charge in [0.15, 0.2) is 0 Å². The summed E-state index contributed by atoms with van der Waals surface area (Å²) in [5.41, 5.74) is 7.46. The number of nitrogens with zero attached hydrogens (tertiary/aromatic N) is 2. The summed E-state index contributed by atoms with van der Waals surface area (Å²) in [5, 5.41) is 0. The third kappa shape index (κ3) is 2.11. The van der Waals surface area contributed by atoms with Gasteiger partial charge in [-0.25, -0.2) is 9.37 Å². The van der Waals surface area contributed by atoms with Crippen LogP contribution >= 0.6 is 15.9 Å². The summed E-state index contributed by atoms with van der Waals surface area (Å²) in [6, 6.07) is 3.40. The Morgan fingerprint density at radius 2 is 2.11 bits per heavy atom. The van der Waals surface area contributed by atoms with Crippen molar-refractivity contribution in [3.63, 3.8) is 0 Å². The van der Waals surface area contributed by atoms with E-state index in [1.54, 1.807) is 6.07 Å². The lowest BCUT2D eigenvalue weighted by Crippen LogP contribution is -2.16. The lowest BCUT2D eigenvalue weighted by Gasteiger charge is -2.22. The normalized spacial score (nSPS) is 13.4. The van der Waals surface area contributed by atoms with Crippen molar-refractivity contribution >= 4 is 32.9 Å². The molecule has 1 heterocycles. The lowest BCUT2D eigenvalue weighted by molar-refractivity contribution is 0.377. The summed E-state index contributed by atoms with van der Waals surface area (Å²) in [5.74, 6) is 0.576. The predicted molar refractivity (Wildman–Crippen MR) is 76.0 cm³/mol. The molecule has 2 aromatic rings. The van der Waals surface area contributed by atoms with Crippen LogP contribution in [0.5, 0.6) is 0 Å². The highest BCUT2D eigenvalue weighted by molar-refractivity contribution is 9.10. The number of benzene rings is 1. The fraction of sp³-hybridized carbons (Fsp3) is 0.462. The number of hydrogen-bond donors (Lipinski definition) is 1. The van der Waals surface area contributed by atoms with Gasteiger partial charge in [0.2, 0.25) is 5.95 Å². The van der Waals surface area contributed by atoms with E-state index in [1.165, 1.54) is 6.07 Å². The van der Waals surface area contributed by atoms with Crippen LogP contribution in [-0.2, 0) is 0 Å². The van der Waals surface area contributed by atoms with Crippen molar-refractivity contribution in [2.75, 3.05) is 5.73 Å². The molecule has 0 amide bonds. The molecule has 1 unspecified atom stereocenters. The van der Waals surface area contributed by atoms with E-state index in [1.807, 2.05) is 4.57 Å². The van der Waals surface area contributed by atoms with Gasteiger partial charge in [0.05, 0.1) is 15.5 Å². The zero-order valence-corrected chi connectivity index (χ0v) is 12.3. The van der Waals surface area contributed by atoms with Crippen LogP contribution in [0.4, 0.5) is 10.3 Å². The summed E-state index contributed by atoms with van der Waals surface area (Å²) in [4.78, 5) is 4.31. The molecule has 2 rings (SSSR count). The summed E-state index contributed by atoms with van der Waals surface area (Å²) < 4.78 is 16.0. The molecule has 2 N–H and O–H groups in total. The van der Waals surface area contributed by atoms with Gasteiger partial charge in [-0.3, -0.25) is 0 Å². The molecular weight excluding hydrogens is 297 g/mol. The van der Waals surface area contributed by atoms with E-state index >= 15 is 0 Å². The molecule has 0 radical (unpaired) electrons. The number of nitrogen functional groups attached to an aromatic ring is 1. The zero-order chi connectivity index (χ0) is 13.4. The van der Waals surface area contributed by atoms with Crippen molar-refractivity contribution in [2.45, 2.75) is 33.2 Å². The molecule has 0 aliphatic heterocycles. The monoisotopic (exact) mass is 313 g/mol. The Morgan fingerprint density at radius 1 is 1.44 bits per heavy atom. The van der Waals surface area contributed by atoms with Crippen LogP contribution in [0.1, 0.15) is 33.2 Å². The van der Waals surface area contributed by atoms with Gasteiger partial charge in [0.25, 0.3) is 0 Å². The van der Waals surface area contributed by atoms with Gasteiger partial charge >= 0.3 is 0 Å². The Morgan fingerprint density at radius 3 is 2.67 bits per heavy atom. The predicted octanol–water partition coefficient (Wildman–Crippen LogP) is 4.13. The number of anilines is 1. The van der Waals surface area contributed by atoms with Crippen LogP contribution in [0.2, 0.25) is 0 Å². The second-order valence-electron chi connectivity index (χ2n) is 4.81. The molecule has 0 aliphatic carbocycles. The second kappa shape index (κ2) is 4.88. The zero-order valence-electron chi connectivity index (χ0n) is 10.7. The topological polar surface area (TPSA) is 43.8 Å². The molecule has 0 fully saturated rings. The van der Waals surface area contributed by atoms with Crippen LogP contribution in [0.25, 0.3) is 11.0 Å². The molecule has 0 spiro atoms. The number of halogens is 2. The summed E-state index contributed by atoms with van der Waals surface area (Å²) in [7, 11) is 0. The molecule has 5 heteroatoms. The van der Waals surface area contributed by atoms with Gasteiger partial charge in [-0.2, -0.15) is 0 Å². The smallest absolute Gasteiger partial charge is 0.201 e. The number of hydrogen-bond acceptors (Lipinski definition) is 2. The van der Waals surface area contributed by atoms with Crippen LogP contribution in [0, 0.1) is 11.7 Å². The molecule has 1 atom stereocenters. The second-order valence-corrected chi connectivity index (χ2v) is 5.67. The maximum Gasteiger partial charge on any atom is 0.201 e. The average Bonchev–Trinajstić information content (AvgIpc) is 2.57. The molecule has 0 aliphatic rings. The largest absolute Gasteiger partial charge is 0.369 e. The molecule has 0 saturated carbocycles. The Kier molecular flexibility index (Phi) is 3.61. The Balaban J connectivity index is 2.70. The van der Waals surface area contributed by atoms with E-state index in [9.17, 15) is 4.39 Å². The van der Waals surface area contributed by atoms with Crippen molar-refractivity contribution in [1.29, 1.82) is 0 Å². The molecule has 1 aromatic carbocycles. The fourth-order valence-electron chi connectivity index (χ4n) is 2.41. The third-order valence-corrected chi connectivity index (χ3v) is 3.89. The van der Waals surface area contributed by atoms with Crippen LogP contribution < -0.4 is 5.73 Å². The first kappa shape index (κ1) is 13.3. The highest BCUT2D eigenvalue weighted by atomic mass is 79.9. The first-order valence-corrected chi connectivity index (χ1v) is 6.87. The first-order valence-electron chi connectivity index (χ1n) is 6.08. The molecular formula is C13H17BrFN3. The minimum Gasteiger partial charge on any atom is -0.369 e. The maximum atomic E-state index is 13.7. The van der Waals surface area contributed by atoms with Crippen LogP contribution in [-0.4, -0.2) is 9.55 Å². The molecule has 98 valence electrons. The Hall–Kier alpha value is -1.10. The summed E-state index contributed by atoms with van der Waals surface area (Å²) in [6.07, 6.45) is 0.936. The minimum absolute atomic E-state index is 0.232. The van der Waals surface area contributed by atoms with Gasteiger partial charge in [-0.15, -0.1) is 0 Å². The van der Waals surface area contributed by atoms with Crippen LogP contribution in [0.15, 0.2) is 16.6 Å². The number of nitrogens with two attached hydrogens (primary N) is 1. The molecule has 0 bridgehead atoms. The minimum atomic E-state index is -0.290. The Bertz CT molecular complexity index is 577. The van der Waals surface area contributed by atoms with E-state index in [4.69, 9.17) is 5.73 Å². The highest BCUT2D eigenvalue weighted by Crippen LogP contribution is 2.31. The van der Waals surface area contributed by atoms with Gasteiger partial charge in [0, 0.05) is 12.1 Å². The van der Waals surface area contributed by atoms with E-state index in [0.717, 1.165) is 17.5 Å². The summed E-state index contributed by atoms with van der Waals surface area (Å²) in [6.45, 7) is 6.37. The first-order chi connectivity index (χ1) is 8.45. The molecule has 1 aromatic heterocycles. The highest BCUT2D eigenvalue weighted by Gasteiger charge is 2.20. The molecule has 3 nitrogen and oxygen atoms in total. The molecule has 18 heavy (non-hydrogen) atoms. The quantitative estimate of drug-likeness (QED) is 0.926. The molecule has 0 saturated heterocycles. The van der Waals surface area contributed by atoms with Gasteiger partial charge in [-0.1, -0.05) is 20.8 Å². The van der Waals surface area contributed by atoms with Crippen molar-refractivity contribution in [1.82, 2.24) is 9.55 Å². The number of aromatic nitrogens is 2. The van der Waals surface area contributed by atoms with Crippen molar-refractivity contribution in [3.8, 4) is 0 Å². The Labute approximate surface area is 114 Å². The van der Waals surface area contributed by atoms with Crippen molar-refractivity contribution in [2.24, 2.45) is 5.92 Å². The maximum absolute atomic E-state index is 13.7. The SMILES string of the molecule is CCC(C(C)C)n1c(N)nc2cc(Br)c(F)cc21. The lowest BCUT2D eigenvalue weighted by atomic mass is 10.0. The van der Waals surface area contributed by atoms with E-state index < -0.39 is 0 Å². The van der Waals surface area contributed by atoms with E-state index in [-0.39, 0.29) is 11.9 Å². The average molecular weight is 314 g/mol. The fourth-order valence-corrected chi connectivity index (χ4v) is 2.74. The van der Waals surface area contributed by atoms with Crippen molar-refractivity contribution < 1.29 is 4.39 Å². The van der Waals surface area contributed by atoms with E-state index in [0.29, 0.717) is 16.3 Å². The van der Waals surface area contributed by atoms with E-state index in [2.05, 4.69) is 41.7 Å². The third-order valence-electron chi connectivity index (χ3n) is 3.28. The van der Waals surface area contributed by atoms with Crippen LogP contribution in [0.3, 0.4) is 0 Å². The van der Waals surface area contributed by atoms with Gasteiger partial charge < -0.3 is 10.3 Å². The summed E-state index contributed by atoms with van der Waals surface area (Å²) >= 11 is 3.17. The van der Waals surface area contributed by atoms with Gasteiger partial charge in [0.1, 0.15) is 5.82 Å². The number of fused-ring (bicyclic) bond motifs is 1. The number of rotatable bonds is 3.